The summed E-state index contributed by atoms with van der Waals surface area (Å²) in [6.45, 7) is 0. The first-order valence-corrected chi connectivity index (χ1v) is 8.42. The van der Waals surface area contributed by atoms with Gasteiger partial charge in [0.1, 0.15) is 11.5 Å². The van der Waals surface area contributed by atoms with Crippen LogP contribution in [0.1, 0.15) is 5.56 Å². The van der Waals surface area contributed by atoms with Crippen LogP contribution in [0, 0.1) is 0 Å². The first-order chi connectivity index (χ1) is 12.7. The maximum Gasteiger partial charge on any atom is 0.191 e. The van der Waals surface area contributed by atoms with Gasteiger partial charge in [-0.25, -0.2) is 0 Å². The minimum absolute atomic E-state index is 0.355. The van der Waals surface area contributed by atoms with Gasteiger partial charge in [-0.3, -0.25) is 5.43 Å². The van der Waals surface area contributed by atoms with Gasteiger partial charge in [0.25, 0.3) is 0 Å². The number of ether oxygens (including phenoxy) is 2. The van der Waals surface area contributed by atoms with Crippen molar-refractivity contribution in [2.45, 2.75) is 0 Å². The largest absolute Gasteiger partial charge is 0.497 e. The Hall–Kier alpha value is -3.12. The molecule has 0 aromatic heterocycles. The molecule has 0 heterocycles. The van der Waals surface area contributed by atoms with Gasteiger partial charge in [-0.1, -0.05) is 42.5 Å². The van der Waals surface area contributed by atoms with Crippen molar-refractivity contribution in [3.63, 3.8) is 0 Å². The van der Waals surface area contributed by atoms with Crippen molar-refractivity contribution in [2.24, 2.45) is 5.10 Å². The number of nitrogens with zero attached hydrogens (tertiary/aromatic N) is 1. The summed E-state index contributed by atoms with van der Waals surface area (Å²) in [7, 11) is 3.21. The lowest BCUT2D eigenvalue weighted by molar-refractivity contribution is 0.405. The van der Waals surface area contributed by atoms with Crippen LogP contribution < -0.4 is 20.2 Å². The average Bonchev–Trinajstić information content (AvgIpc) is 2.68. The Labute approximate surface area is 157 Å². The molecular formula is C20H19N3O2S. The Morgan fingerprint density at radius 1 is 1.00 bits per heavy atom. The third kappa shape index (κ3) is 4.10. The highest BCUT2D eigenvalue weighted by molar-refractivity contribution is 7.80. The van der Waals surface area contributed by atoms with E-state index in [1.165, 1.54) is 5.39 Å². The molecule has 0 saturated carbocycles. The first-order valence-electron chi connectivity index (χ1n) is 8.01. The third-order valence-corrected chi connectivity index (χ3v) is 4.04. The number of hydrogen-bond acceptors (Lipinski definition) is 4. The van der Waals surface area contributed by atoms with Crippen LogP contribution in [-0.4, -0.2) is 25.5 Å². The lowest BCUT2D eigenvalue weighted by atomic mass is 10.1. The molecule has 132 valence electrons. The molecule has 0 aliphatic carbocycles. The summed E-state index contributed by atoms with van der Waals surface area (Å²) in [6, 6.07) is 19.7. The van der Waals surface area contributed by atoms with Crippen molar-refractivity contribution in [1.82, 2.24) is 5.43 Å². The summed E-state index contributed by atoms with van der Waals surface area (Å²) < 4.78 is 10.6. The van der Waals surface area contributed by atoms with Crippen molar-refractivity contribution in [3.05, 3.63) is 66.2 Å². The lowest BCUT2D eigenvalue weighted by Gasteiger charge is -2.12. The molecule has 0 saturated heterocycles. The second-order valence-corrected chi connectivity index (χ2v) is 5.87. The number of hydrazone groups is 1. The molecule has 6 heteroatoms. The average molecular weight is 365 g/mol. The topological polar surface area (TPSA) is 54.9 Å². The van der Waals surface area contributed by atoms with E-state index in [1.807, 2.05) is 36.4 Å². The van der Waals surface area contributed by atoms with Crippen LogP contribution in [0.5, 0.6) is 11.5 Å². The molecule has 5 nitrogen and oxygen atoms in total. The van der Waals surface area contributed by atoms with Crippen LogP contribution in [0.3, 0.4) is 0 Å². The number of hydrogen-bond donors (Lipinski definition) is 2. The van der Waals surface area contributed by atoms with E-state index in [0.717, 1.165) is 10.9 Å². The van der Waals surface area contributed by atoms with E-state index < -0.39 is 0 Å². The van der Waals surface area contributed by atoms with Crippen LogP contribution >= 0.6 is 12.2 Å². The van der Waals surface area contributed by atoms with Crippen molar-refractivity contribution in [3.8, 4) is 11.5 Å². The van der Waals surface area contributed by atoms with Gasteiger partial charge in [0.05, 0.1) is 26.1 Å². The van der Waals surface area contributed by atoms with Gasteiger partial charge in [0.2, 0.25) is 0 Å². The molecule has 0 unspecified atom stereocenters. The summed E-state index contributed by atoms with van der Waals surface area (Å²) in [6.07, 6.45) is 1.75. The summed E-state index contributed by atoms with van der Waals surface area (Å²) in [5.74, 6) is 1.36. The number of benzene rings is 3. The second-order valence-electron chi connectivity index (χ2n) is 5.46. The standard InChI is InChI=1S/C20H19N3O2S/c1-24-16-10-11-19(25-2)18(12-16)22-20(26)23-21-13-15-8-5-7-14-6-3-4-9-17(14)15/h3-13H,1-2H3,(H2,22,23,26)/b21-13+. The summed E-state index contributed by atoms with van der Waals surface area (Å²) in [5, 5.41) is 9.95. The van der Waals surface area contributed by atoms with Crippen molar-refractivity contribution < 1.29 is 9.47 Å². The molecular weight excluding hydrogens is 346 g/mol. The van der Waals surface area contributed by atoms with E-state index >= 15 is 0 Å². The smallest absolute Gasteiger partial charge is 0.191 e. The van der Waals surface area contributed by atoms with Crippen molar-refractivity contribution in [2.75, 3.05) is 19.5 Å². The summed E-state index contributed by atoms with van der Waals surface area (Å²) >= 11 is 5.30. The Morgan fingerprint density at radius 2 is 1.81 bits per heavy atom. The van der Waals surface area contributed by atoms with Crippen LogP contribution in [0.2, 0.25) is 0 Å². The Bertz CT molecular complexity index is 951. The summed E-state index contributed by atoms with van der Waals surface area (Å²) in [5.41, 5.74) is 4.54. The minimum atomic E-state index is 0.355. The van der Waals surface area contributed by atoms with Gasteiger partial charge in [0.15, 0.2) is 5.11 Å². The zero-order valence-corrected chi connectivity index (χ0v) is 15.3. The molecule has 26 heavy (non-hydrogen) atoms. The minimum Gasteiger partial charge on any atom is -0.497 e. The molecule has 2 N–H and O–H groups in total. The first kappa shape index (κ1) is 17.7. The van der Waals surface area contributed by atoms with Crippen LogP contribution in [0.4, 0.5) is 5.69 Å². The fraction of sp³-hybridized carbons (Fsp3) is 0.100. The molecule has 3 aromatic rings. The highest BCUT2D eigenvalue weighted by Crippen LogP contribution is 2.28. The number of methoxy groups -OCH3 is 2. The molecule has 0 amide bonds. The quantitative estimate of drug-likeness (QED) is 0.404. The zero-order valence-electron chi connectivity index (χ0n) is 14.5. The molecule has 0 bridgehead atoms. The number of anilines is 1. The van der Waals surface area contributed by atoms with Gasteiger partial charge in [-0.05, 0) is 35.1 Å². The summed E-state index contributed by atoms with van der Waals surface area (Å²) in [4.78, 5) is 0. The van der Waals surface area contributed by atoms with E-state index in [0.29, 0.717) is 22.3 Å². The van der Waals surface area contributed by atoms with E-state index in [1.54, 1.807) is 26.5 Å². The fourth-order valence-corrected chi connectivity index (χ4v) is 2.75. The molecule has 3 aromatic carbocycles. The molecule has 0 aliphatic heterocycles. The number of thiocarbonyl (C=S) groups is 1. The normalized spacial score (nSPS) is 10.7. The maximum absolute atomic E-state index is 5.32. The van der Waals surface area contributed by atoms with Gasteiger partial charge < -0.3 is 14.8 Å². The Balaban J connectivity index is 1.70. The molecule has 0 fully saturated rings. The van der Waals surface area contributed by atoms with Gasteiger partial charge in [-0.15, -0.1) is 0 Å². The molecule has 0 spiro atoms. The molecule has 0 atom stereocenters. The van der Waals surface area contributed by atoms with E-state index in [2.05, 4.69) is 34.0 Å². The van der Waals surface area contributed by atoms with E-state index in [4.69, 9.17) is 21.7 Å². The van der Waals surface area contributed by atoms with Crippen LogP contribution in [0.15, 0.2) is 65.8 Å². The highest BCUT2D eigenvalue weighted by atomic mass is 32.1. The maximum atomic E-state index is 5.32. The van der Waals surface area contributed by atoms with Crippen LogP contribution in [0.25, 0.3) is 10.8 Å². The van der Waals surface area contributed by atoms with Crippen LogP contribution in [-0.2, 0) is 0 Å². The number of fused-ring (bicyclic) bond motifs is 1. The van der Waals surface area contributed by atoms with Gasteiger partial charge >= 0.3 is 0 Å². The van der Waals surface area contributed by atoms with E-state index in [9.17, 15) is 0 Å². The van der Waals surface area contributed by atoms with Crippen molar-refractivity contribution >= 4 is 40.0 Å². The molecule has 0 aliphatic rings. The second kappa shape index (κ2) is 8.31. The predicted octanol–water partition coefficient (Wildman–Crippen LogP) is 4.18. The monoisotopic (exact) mass is 365 g/mol. The van der Waals surface area contributed by atoms with Gasteiger partial charge in [-0.2, -0.15) is 5.10 Å². The van der Waals surface area contributed by atoms with E-state index in [-0.39, 0.29) is 0 Å². The molecule has 3 rings (SSSR count). The number of rotatable bonds is 5. The number of nitrogens with one attached hydrogen (secondary N) is 2. The van der Waals surface area contributed by atoms with Gasteiger partial charge in [0, 0.05) is 11.6 Å². The fourth-order valence-electron chi connectivity index (χ4n) is 2.59. The highest BCUT2D eigenvalue weighted by Gasteiger charge is 2.06. The Morgan fingerprint density at radius 3 is 2.62 bits per heavy atom. The lowest BCUT2D eigenvalue weighted by Crippen LogP contribution is -2.24. The van der Waals surface area contributed by atoms with Crippen molar-refractivity contribution in [1.29, 1.82) is 0 Å². The third-order valence-electron chi connectivity index (χ3n) is 3.85. The predicted molar refractivity (Wildman–Crippen MR) is 110 cm³/mol. The SMILES string of the molecule is COc1ccc(OC)c(NC(=S)N/N=C/c2cccc3ccccc23)c1. The Kier molecular flexibility index (Phi) is 5.66. The molecule has 0 radical (unpaired) electrons. The zero-order chi connectivity index (χ0) is 18.4.